The Morgan fingerprint density at radius 2 is 1.71 bits per heavy atom. The summed E-state index contributed by atoms with van der Waals surface area (Å²) in [5.74, 6) is 0.778. The summed E-state index contributed by atoms with van der Waals surface area (Å²) in [5.41, 5.74) is 3.96. The van der Waals surface area contributed by atoms with Gasteiger partial charge in [-0.2, -0.15) is 0 Å². The first-order valence-corrected chi connectivity index (χ1v) is 7.26. The number of fused-ring (bicyclic) bond motifs is 1. The molecule has 1 saturated carbocycles. The number of hydrogen-bond donors (Lipinski definition) is 1. The molecule has 0 spiro atoms. The second kappa shape index (κ2) is 4.93. The molecule has 4 rings (SSSR count). The summed E-state index contributed by atoms with van der Waals surface area (Å²) in [6, 6.07) is 16.3. The van der Waals surface area contributed by atoms with Crippen molar-refractivity contribution in [1.82, 2.24) is 9.97 Å². The first kappa shape index (κ1) is 12.5. The van der Waals surface area contributed by atoms with Crippen LogP contribution < -0.4 is 0 Å². The summed E-state index contributed by atoms with van der Waals surface area (Å²) in [4.78, 5) is 8.57. The predicted octanol–water partition coefficient (Wildman–Crippen LogP) is 3.47. The van der Waals surface area contributed by atoms with Gasteiger partial charge in [-0.3, -0.25) is 9.97 Å². The summed E-state index contributed by atoms with van der Waals surface area (Å²) in [5, 5.41) is 10.6. The molecule has 0 saturated heterocycles. The summed E-state index contributed by atoms with van der Waals surface area (Å²) in [6.07, 6.45) is 3.98. The molecule has 1 aromatic heterocycles. The standard InChI is InChI=1S/C18H16N2O/c21-18(15-11-14(15)12-4-2-1-3-5-12)13-6-7-16-17(10-13)20-9-8-19-16/h1-10,14-15,18,21H,11H2. The average Bonchev–Trinajstić information content (AvgIpc) is 3.35. The SMILES string of the molecule is OC(c1ccc2nccnc2c1)C1CC1c1ccccc1. The van der Waals surface area contributed by atoms with Gasteiger partial charge in [0.05, 0.1) is 17.1 Å². The van der Waals surface area contributed by atoms with Crippen molar-refractivity contribution in [2.45, 2.75) is 18.4 Å². The largest absolute Gasteiger partial charge is 0.388 e. The lowest BCUT2D eigenvalue weighted by Crippen LogP contribution is -2.01. The molecule has 1 heterocycles. The molecule has 104 valence electrons. The maximum atomic E-state index is 10.6. The third-order valence-electron chi connectivity index (χ3n) is 4.31. The molecule has 0 radical (unpaired) electrons. The van der Waals surface area contributed by atoms with Gasteiger partial charge in [-0.25, -0.2) is 0 Å². The zero-order chi connectivity index (χ0) is 14.2. The normalized spacial score (nSPS) is 22.1. The van der Waals surface area contributed by atoms with Crippen molar-refractivity contribution >= 4 is 11.0 Å². The van der Waals surface area contributed by atoms with Crippen LogP contribution in [0.1, 0.15) is 29.6 Å². The van der Waals surface area contributed by atoms with E-state index in [-0.39, 0.29) is 0 Å². The van der Waals surface area contributed by atoms with Crippen LogP contribution in [0.3, 0.4) is 0 Å². The molecule has 0 aliphatic heterocycles. The van der Waals surface area contributed by atoms with Crippen LogP contribution in [0.5, 0.6) is 0 Å². The van der Waals surface area contributed by atoms with Crippen LogP contribution in [0.25, 0.3) is 11.0 Å². The monoisotopic (exact) mass is 276 g/mol. The molecule has 3 heteroatoms. The minimum absolute atomic E-state index is 0.307. The molecule has 3 unspecified atom stereocenters. The van der Waals surface area contributed by atoms with Crippen LogP contribution in [0, 0.1) is 5.92 Å². The molecular weight excluding hydrogens is 260 g/mol. The number of aliphatic hydroxyl groups is 1. The fraction of sp³-hybridized carbons (Fsp3) is 0.222. The molecule has 3 atom stereocenters. The predicted molar refractivity (Wildman–Crippen MR) is 81.8 cm³/mol. The highest BCUT2D eigenvalue weighted by Gasteiger charge is 2.43. The fourth-order valence-corrected chi connectivity index (χ4v) is 3.06. The first-order valence-electron chi connectivity index (χ1n) is 7.26. The molecular formula is C18H16N2O. The molecule has 1 aliphatic carbocycles. The van der Waals surface area contributed by atoms with Crippen molar-refractivity contribution in [2.24, 2.45) is 5.92 Å². The molecule has 1 N–H and O–H groups in total. The lowest BCUT2D eigenvalue weighted by molar-refractivity contribution is 0.151. The van der Waals surface area contributed by atoms with E-state index in [0.29, 0.717) is 11.8 Å². The van der Waals surface area contributed by atoms with E-state index in [4.69, 9.17) is 0 Å². The van der Waals surface area contributed by atoms with E-state index in [1.807, 2.05) is 24.3 Å². The Morgan fingerprint density at radius 1 is 0.952 bits per heavy atom. The lowest BCUT2D eigenvalue weighted by atomic mass is 10.0. The third-order valence-corrected chi connectivity index (χ3v) is 4.31. The molecule has 0 bridgehead atoms. The average molecular weight is 276 g/mol. The highest BCUT2D eigenvalue weighted by atomic mass is 16.3. The Morgan fingerprint density at radius 3 is 2.52 bits per heavy atom. The highest BCUT2D eigenvalue weighted by molar-refractivity contribution is 5.74. The van der Waals surface area contributed by atoms with Gasteiger partial charge in [0.25, 0.3) is 0 Å². The number of rotatable bonds is 3. The van der Waals surface area contributed by atoms with Gasteiger partial charge in [-0.05, 0) is 41.5 Å². The van der Waals surface area contributed by atoms with Crippen molar-refractivity contribution < 1.29 is 5.11 Å². The first-order chi connectivity index (χ1) is 10.3. The van der Waals surface area contributed by atoms with Crippen molar-refractivity contribution in [2.75, 3.05) is 0 Å². The molecule has 1 aliphatic rings. The van der Waals surface area contributed by atoms with Crippen LogP contribution in [-0.4, -0.2) is 15.1 Å². The third kappa shape index (κ3) is 2.30. The summed E-state index contributed by atoms with van der Waals surface area (Å²) < 4.78 is 0. The number of nitrogens with zero attached hydrogens (tertiary/aromatic N) is 2. The number of aromatic nitrogens is 2. The van der Waals surface area contributed by atoms with Crippen LogP contribution >= 0.6 is 0 Å². The van der Waals surface area contributed by atoms with E-state index in [1.165, 1.54) is 5.56 Å². The van der Waals surface area contributed by atoms with Gasteiger partial charge in [0.1, 0.15) is 0 Å². The van der Waals surface area contributed by atoms with Crippen LogP contribution in [0.4, 0.5) is 0 Å². The Labute approximate surface area is 123 Å². The highest BCUT2D eigenvalue weighted by Crippen LogP contribution is 2.54. The van der Waals surface area contributed by atoms with Gasteiger partial charge in [0.15, 0.2) is 0 Å². The van der Waals surface area contributed by atoms with E-state index in [2.05, 4.69) is 34.2 Å². The number of hydrogen-bond acceptors (Lipinski definition) is 3. The van der Waals surface area contributed by atoms with E-state index >= 15 is 0 Å². The molecule has 21 heavy (non-hydrogen) atoms. The van der Waals surface area contributed by atoms with Crippen LogP contribution in [-0.2, 0) is 0 Å². The van der Waals surface area contributed by atoms with E-state index in [9.17, 15) is 5.11 Å². The van der Waals surface area contributed by atoms with E-state index in [1.54, 1.807) is 12.4 Å². The molecule has 3 aromatic rings. The van der Waals surface area contributed by atoms with Crippen molar-refractivity contribution in [3.8, 4) is 0 Å². The van der Waals surface area contributed by atoms with E-state index in [0.717, 1.165) is 23.0 Å². The number of benzene rings is 2. The molecule has 1 fully saturated rings. The smallest absolute Gasteiger partial charge is 0.0890 e. The quantitative estimate of drug-likeness (QED) is 0.796. The minimum atomic E-state index is -0.429. The zero-order valence-corrected chi connectivity index (χ0v) is 11.6. The van der Waals surface area contributed by atoms with Gasteiger partial charge < -0.3 is 5.11 Å². The maximum absolute atomic E-state index is 10.6. The summed E-state index contributed by atoms with van der Waals surface area (Å²) in [7, 11) is 0. The van der Waals surface area contributed by atoms with Crippen molar-refractivity contribution in [1.29, 1.82) is 0 Å². The second-order valence-electron chi connectivity index (χ2n) is 5.67. The number of aliphatic hydroxyl groups excluding tert-OH is 1. The summed E-state index contributed by atoms with van der Waals surface area (Å²) in [6.45, 7) is 0. The van der Waals surface area contributed by atoms with Gasteiger partial charge in [0.2, 0.25) is 0 Å². The van der Waals surface area contributed by atoms with E-state index < -0.39 is 6.10 Å². The second-order valence-corrected chi connectivity index (χ2v) is 5.67. The molecule has 2 aromatic carbocycles. The van der Waals surface area contributed by atoms with Crippen molar-refractivity contribution in [3.63, 3.8) is 0 Å². The van der Waals surface area contributed by atoms with Gasteiger partial charge in [0, 0.05) is 12.4 Å². The fourth-order valence-electron chi connectivity index (χ4n) is 3.06. The zero-order valence-electron chi connectivity index (χ0n) is 11.6. The maximum Gasteiger partial charge on any atom is 0.0890 e. The topological polar surface area (TPSA) is 46.0 Å². The Balaban J connectivity index is 1.58. The Bertz CT molecular complexity index is 772. The Kier molecular flexibility index (Phi) is 2.93. The lowest BCUT2D eigenvalue weighted by Gasteiger charge is -2.11. The van der Waals surface area contributed by atoms with Gasteiger partial charge in [-0.15, -0.1) is 0 Å². The molecule has 3 nitrogen and oxygen atoms in total. The van der Waals surface area contributed by atoms with Crippen LogP contribution in [0.2, 0.25) is 0 Å². The van der Waals surface area contributed by atoms with Gasteiger partial charge >= 0.3 is 0 Å². The summed E-state index contributed by atoms with van der Waals surface area (Å²) >= 11 is 0. The minimum Gasteiger partial charge on any atom is -0.388 e. The molecule has 0 amide bonds. The van der Waals surface area contributed by atoms with Crippen molar-refractivity contribution in [3.05, 3.63) is 72.1 Å². The van der Waals surface area contributed by atoms with Gasteiger partial charge in [-0.1, -0.05) is 36.4 Å². The van der Waals surface area contributed by atoms with Crippen LogP contribution in [0.15, 0.2) is 60.9 Å². The Hall–Kier alpha value is -2.26.